The summed E-state index contributed by atoms with van der Waals surface area (Å²) in [6.45, 7) is 22.0. The van der Waals surface area contributed by atoms with E-state index in [1.807, 2.05) is 32.0 Å². The Morgan fingerprint density at radius 3 is 1.72 bits per heavy atom. The average Bonchev–Trinajstić information content (AvgIpc) is 3.80. The van der Waals surface area contributed by atoms with E-state index in [9.17, 15) is 41.0 Å². The topological polar surface area (TPSA) is 139 Å². The van der Waals surface area contributed by atoms with E-state index in [0.29, 0.717) is 32.6 Å². The minimum atomic E-state index is -4.56. The molecule has 0 amide bonds. The number of hydrogen-bond acceptors (Lipinski definition) is 7. The first-order valence-corrected chi connectivity index (χ1v) is 20.7. The van der Waals surface area contributed by atoms with Crippen molar-refractivity contribution in [2.45, 2.75) is 40.0 Å². The number of ether oxygens (including phenoxy) is 1. The Bertz CT molecular complexity index is 2610. The summed E-state index contributed by atoms with van der Waals surface area (Å²) in [5, 5.41) is 26.4. The quantitative estimate of drug-likeness (QED) is 0.0627. The van der Waals surface area contributed by atoms with Crippen LogP contribution < -0.4 is 5.46 Å². The first-order chi connectivity index (χ1) is 28.2. The number of aromatic carboxylic acids is 1. The molecule has 60 heavy (non-hydrogen) atoms. The number of carboxylic acid groups (broad SMARTS) is 1. The summed E-state index contributed by atoms with van der Waals surface area (Å²) in [5.74, 6) is -1.31. The molecule has 0 saturated carbocycles. The molecule has 0 spiro atoms. The molecule has 10 nitrogen and oxygen atoms in total. The molecule has 0 radical (unpaired) electrons. The number of nitrogens with zero attached hydrogens (tertiary/aromatic N) is 4. The van der Waals surface area contributed by atoms with Crippen LogP contribution in [0.15, 0.2) is 84.9 Å². The fourth-order valence-corrected chi connectivity index (χ4v) is 9.32. The number of esters is 1. The maximum atomic E-state index is 13.3. The molecule has 3 N–H and O–H groups in total. The van der Waals surface area contributed by atoms with Crippen LogP contribution in [0.4, 0.5) is 37.7 Å². The molecule has 4 aromatic carbocycles. The van der Waals surface area contributed by atoms with E-state index < -0.39 is 56.5 Å². The summed E-state index contributed by atoms with van der Waals surface area (Å²) < 4.78 is 83.8. The van der Waals surface area contributed by atoms with Crippen molar-refractivity contribution >= 4 is 64.9 Å². The van der Waals surface area contributed by atoms with Crippen LogP contribution in [0.2, 0.25) is 0 Å². The Morgan fingerprint density at radius 2 is 1.22 bits per heavy atom. The summed E-state index contributed by atoms with van der Waals surface area (Å²) in [7, 11) is -2.10. The number of alkyl halides is 6. The molecule has 19 heteroatoms. The van der Waals surface area contributed by atoms with Gasteiger partial charge in [0.2, 0.25) is 0 Å². The van der Waals surface area contributed by atoms with Gasteiger partial charge in [0.25, 0.3) is 0 Å². The summed E-state index contributed by atoms with van der Waals surface area (Å²) in [6.07, 6.45) is -9.09. The van der Waals surface area contributed by atoms with Crippen molar-refractivity contribution in [3.8, 4) is 31.4 Å². The fourth-order valence-electron chi connectivity index (χ4n) is 5.42. The molecule has 0 aliphatic rings. The van der Waals surface area contributed by atoms with Gasteiger partial charge in [0.15, 0.2) is 0 Å². The Balaban J connectivity index is 0.000000212. The van der Waals surface area contributed by atoms with E-state index in [0.717, 1.165) is 39.6 Å². The second kappa shape index (κ2) is 20.0. The van der Waals surface area contributed by atoms with Gasteiger partial charge >= 0.3 is 295 Å². The van der Waals surface area contributed by atoms with Gasteiger partial charge in [0.1, 0.15) is 0 Å². The molecular weight excluding hydrogens is 927 g/mol. The molecule has 0 atom stereocenters. The van der Waals surface area contributed by atoms with Crippen LogP contribution in [0, 0.1) is 33.9 Å². The van der Waals surface area contributed by atoms with Gasteiger partial charge in [0.05, 0.1) is 5.56 Å². The zero-order chi connectivity index (χ0) is 44.5. The third-order valence-electron chi connectivity index (χ3n) is 8.26. The molecule has 2 aromatic heterocycles. The summed E-state index contributed by atoms with van der Waals surface area (Å²) in [5.41, 5.74) is 1.98. The first kappa shape index (κ1) is 46.9. The number of carbonyl (C=O) groups is 2. The molecule has 0 aliphatic carbocycles. The van der Waals surface area contributed by atoms with Gasteiger partial charge in [-0.25, -0.2) is 0 Å². The summed E-state index contributed by atoms with van der Waals surface area (Å²) >= 11 is -0.689. The number of rotatable bonds is 7. The number of benzene rings is 4. The molecule has 0 fully saturated rings. The molecule has 0 saturated heterocycles. The van der Waals surface area contributed by atoms with Crippen LogP contribution in [0.3, 0.4) is 0 Å². The van der Waals surface area contributed by atoms with Crippen LogP contribution in [-0.4, -0.2) is 79.8 Å². The van der Waals surface area contributed by atoms with Crippen LogP contribution in [0.25, 0.3) is 41.1 Å². The van der Waals surface area contributed by atoms with Gasteiger partial charge in [0, 0.05) is 0 Å². The molecule has 0 unspecified atom stereocenters. The van der Waals surface area contributed by atoms with Crippen molar-refractivity contribution in [3.05, 3.63) is 145 Å². The molecule has 2 heterocycles. The Kier molecular flexibility index (Phi) is 15.6. The van der Waals surface area contributed by atoms with Gasteiger partial charge in [-0.2, -0.15) is 13.2 Å². The third-order valence-corrected chi connectivity index (χ3v) is 13.3. The summed E-state index contributed by atoms with van der Waals surface area (Å²) in [6, 6.07) is 19.6. The van der Waals surface area contributed by atoms with Crippen LogP contribution in [-0.2, 0) is 17.1 Å². The zero-order valence-corrected chi connectivity index (χ0v) is 35.2. The van der Waals surface area contributed by atoms with Crippen LogP contribution in [0.5, 0.6) is 0 Å². The van der Waals surface area contributed by atoms with Crippen molar-refractivity contribution in [3.63, 3.8) is 0 Å². The molecular formula is C41H31BF6N4O6Se2. The molecule has 308 valence electrons. The summed E-state index contributed by atoms with van der Waals surface area (Å²) in [4.78, 5) is 38.6. The Labute approximate surface area is 352 Å². The maximum absolute atomic E-state index is 13.3. The minimum absolute atomic E-state index is 0.0594. The van der Waals surface area contributed by atoms with Crippen molar-refractivity contribution in [1.29, 1.82) is 0 Å². The van der Waals surface area contributed by atoms with Crippen LogP contribution in [0.1, 0.15) is 53.5 Å². The van der Waals surface area contributed by atoms with Gasteiger partial charge < -0.3 is 10.0 Å². The third kappa shape index (κ3) is 11.5. The molecule has 0 aliphatic heterocycles. The van der Waals surface area contributed by atoms with E-state index in [-0.39, 0.29) is 41.7 Å². The predicted molar refractivity (Wildman–Crippen MR) is 215 cm³/mol. The van der Waals surface area contributed by atoms with E-state index in [2.05, 4.69) is 19.7 Å². The number of aromatic nitrogens is 2. The van der Waals surface area contributed by atoms with Gasteiger partial charge in [-0.05, 0) is 5.46 Å². The predicted octanol–water partition coefficient (Wildman–Crippen LogP) is 8.58. The SMILES string of the molecule is OB(O)c1ccccc1C(F)(F)F.[C-]#[N+]c1cc(-c2nc(C)c(C(=O)O)[se]2)ccc1-c1ccccc1C(F)(F)F.[C-]#[N+]c1cc(-c2nc(C)c(C(=O)OCC)[se]2)ccc1C. The number of carboxylic acids is 1. The fraction of sp³-hybridized carbons (Fsp3) is 0.171. The molecule has 6 aromatic rings. The Morgan fingerprint density at radius 1 is 0.717 bits per heavy atom. The second-order valence-electron chi connectivity index (χ2n) is 12.4. The van der Waals surface area contributed by atoms with Gasteiger partial charge in [-0.1, -0.05) is 24.3 Å². The second-order valence-corrected chi connectivity index (χ2v) is 16.5. The van der Waals surface area contributed by atoms with Crippen molar-refractivity contribution in [2.24, 2.45) is 0 Å². The average molecular weight is 958 g/mol. The van der Waals surface area contributed by atoms with E-state index in [1.54, 1.807) is 19.9 Å². The number of aryl methyl sites for hydroxylation is 3. The van der Waals surface area contributed by atoms with Crippen molar-refractivity contribution in [2.75, 3.05) is 6.61 Å². The van der Waals surface area contributed by atoms with Crippen molar-refractivity contribution in [1.82, 2.24) is 9.97 Å². The standard InChI is InChI=1S/C19H11F3N2O2Se.C15H14N2O2Se.C7H6BF3O2/c1-10-16(18(25)26)27-17(24-10)11-7-8-13(15(9-11)23-2)12-5-3-4-6-14(12)19(20,21)22;1-5-19-15(18)13-10(3)17-14(20-13)11-7-6-9(2)12(8-11)16-4;9-7(10,11)5-3-1-2-4-6(5)8(12)13/h3-9H,1H3,(H,25,26);6-8H,5H2,1-3H3;1-4,12-13H. The number of carbonyl (C=O) groups excluding carboxylic acids is 1. The van der Waals surface area contributed by atoms with E-state index >= 15 is 0 Å². The molecule has 6 rings (SSSR count). The van der Waals surface area contributed by atoms with Gasteiger partial charge in [-0.15, -0.1) is 0 Å². The van der Waals surface area contributed by atoms with Gasteiger partial charge in [-0.3, -0.25) is 0 Å². The molecule has 0 bridgehead atoms. The zero-order valence-electron chi connectivity index (χ0n) is 31.8. The normalized spacial score (nSPS) is 10.9. The monoisotopic (exact) mass is 960 g/mol. The first-order valence-electron chi connectivity index (χ1n) is 17.3. The van der Waals surface area contributed by atoms with E-state index in [4.69, 9.17) is 27.9 Å². The number of halogens is 6. The Hall–Kier alpha value is -5.78. The number of hydrogen-bond donors (Lipinski definition) is 3. The van der Waals surface area contributed by atoms with E-state index in [1.165, 1.54) is 42.5 Å². The van der Waals surface area contributed by atoms with Crippen molar-refractivity contribution < 1.29 is 55.8 Å². The van der Waals surface area contributed by atoms with Crippen LogP contribution >= 0.6 is 0 Å².